The molecule has 17 heavy (non-hydrogen) atoms. The summed E-state index contributed by atoms with van der Waals surface area (Å²) in [5.74, 6) is -0.446. The molecule has 0 aromatic rings. The predicted molar refractivity (Wildman–Crippen MR) is 67.3 cm³/mol. The van der Waals surface area contributed by atoms with Crippen molar-refractivity contribution in [1.82, 2.24) is 0 Å². The van der Waals surface area contributed by atoms with E-state index in [9.17, 15) is 0 Å². The summed E-state index contributed by atoms with van der Waals surface area (Å²) in [4.78, 5) is 15.0. The van der Waals surface area contributed by atoms with Crippen LogP contribution in [0.3, 0.4) is 0 Å². The van der Waals surface area contributed by atoms with Crippen LogP contribution in [0.2, 0.25) is 0 Å². The molecule has 0 aliphatic rings. The van der Waals surface area contributed by atoms with Crippen molar-refractivity contribution in [3.8, 4) is 0 Å². The van der Waals surface area contributed by atoms with E-state index in [1.807, 2.05) is 20.8 Å². The first-order valence-corrected chi connectivity index (χ1v) is 6.44. The van der Waals surface area contributed by atoms with Crippen molar-refractivity contribution >= 4 is 0 Å². The minimum absolute atomic E-state index is 0.377. The molecule has 0 radical (unpaired) electrons. The molecule has 0 heterocycles. The summed E-state index contributed by atoms with van der Waals surface area (Å²) in [6.07, 6.45) is 3.38. The van der Waals surface area contributed by atoms with Gasteiger partial charge in [-0.1, -0.05) is 27.2 Å². The van der Waals surface area contributed by atoms with Crippen LogP contribution in [-0.4, -0.2) is 16.6 Å². The van der Waals surface area contributed by atoms with E-state index in [0.717, 1.165) is 19.3 Å². The topological polar surface area (TPSA) is 47.9 Å². The van der Waals surface area contributed by atoms with E-state index in [1.54, 1.807) is 6.92 Å². The molecule has 0 fully saturated rings. The van der Waals surface area contributed by atoms with Crippen LogP contribution in [0.15, 0.2) is 0 Å². The Balaban J connectivity index is 4.13. The van der Waals surface area contributed by atoms with Crippen molar-refractivity contribution in [3.63, 3.8) is 0 Å². The zero-order chi connectivity index (χ0) is 13.5. The van der Waals surface area contributed by atoms with Gasteiger partial charge in [-0.05, 0) is 39.5 Å². The van der Waals surface area contributed by atoms with Crippen molar-refractivity contribution in [2.75, 3.05) is 0 Å². The Bertz CT molecular complexity index is 204. The molecular weight excluding hydrogens is 220 g/mol. The molecule has 4 heteroatoms. The third-order valence-corrected chi connectivity index (χ3v) is 2.66. The van der Waals surface area contributed by atoms with Crippen molar-refractivity contribution in [1.29, 1.82) is 0 Å². The highest BCUT2D eigenvalue weighted by molar-refractivity contribution is 4.68. The maximum atomic E-state index is 8.83. The van der Waals surface area contributed by atoms with Crippen molar-refractivity contribution in [3.05, 3.63) is 0 Å². The molecule has 0 saturated carbocycles. The van der Waals surface area contributed by atoms with E-state index in [-0.39, 0.29) is 5.60 Å². The molecule has 0 aliphatic carbocycles. The predicted octanol–water partition coefficient (Wildman–Crippen LogP) is 4.16. The van der Waals surface area contributed by atoms with E-state index < -0.39 is 5.79 Å². The second kappa shape index (κ2) is 7.31. The van der Waals surface area contributed by atoms with Crippen LogP contribution in [-0.2, 0) is 14.7 Å². The number of hydrogen-bond acceptors (Lipinski definition) is 4. The fourth-order valence-electron chi connectivity index (χ4n) is 1.44. The van der Waals surface area contributed by atoms with Gasteiger partial charge in [-0.25, -0.2) is 15.0 Å². The van der Waals surface area contributed by atoms with Gasteiger partial charge in [-0.15, -0.1) is 0 Å². The molecule has 0 amide bonds. The molecule has 1 N–H and O–H groups in total. The Kier molecular flexibility index (Phi) is 7.24. The van der Waals surface area contributed by atoms with Gasteiger partial charge in [0.1, 0.15) is 0 Å². The van der Waals surface area contributed by atoms with Crippen molar-refractivity contribution < 1.29 is 19.9 Å². The molecule has 4 nitrogen and oxygen atoms in total. The van der Waals surface area contributed by atoms with Gasteiger partial charge in [0.05, 0.1) is 5.60 Å². The van der Waals surface area contributed by atoms with Gasteiger partial charge in [-0.3, -0.25) is 0 Å². The Morgan fingerprint density at radius 3 is 2.06 bits per heavy atom. The average molecular weight is 248 g/mol. The third kappa shape index (κ3) is 7.71. The zero-order valence-electron chi connectivity index (χ0n) is 12.1. The lowest BCUT2D eigenvalue weighted by Gasteiger charge is -2.31. The Morgan fingerprint density at radius 1 is 1.06 bits per heavy atom. The third-order valence-electron chi connectivity index (χ3n) is 2.66. The Morgan fingerprint density at radius 2 is 1.65 bits per heavy atom. The normalized spacial score (nSPS) is 16.2. The molecule has 1 atom stereocenters. The SMILES string of the molecule is CCC[C@](C)(OO)OOC(C)(C)CCC(C)C. The summed E-state index contributed by atoms with van der Waals surface area (Å²) in [6, 6.07) is 0. The molecule has 0 aromatic heterocycles. The van der Waals surface area contributed by atoms with Crippen LogP contribution >= 0.6 is 0 Å². The van der Waals surface area contributed by atoms with Gasteiger partial charge >= 0.3 is 0 Å². The zero-order valence-corrected chi connectivity index (χ0v) is 12.1. The van der Waals surface area contributed by atoms with Gasteiger partial charge in [0, 0.05) is 6.42 Å². The molecule has 0 saturated heterocycles. The molecule has 0 unspecified atom stereocenters. The van der Waals surface area contributed by atoms with Gasteiger partial charge in [0.25, 0.3) is 0 Å². The van der Waals surface area contributed by atoms with E-state index in [1.165, 1.54) is 0 Å². The van der Waals surface area contributed by atoms with E-state index in [2.05, 4.69) is 18.7 Å². The molecule has 104 valence electrons. The standard InChI is InChI=1S/C13H28O4/c1-7-9-13(6,15-14)17-16-12(4,5)10-8-11(2)3/h11,14H,7-10H2,1-6H3/t13-/m1/s1. The maximum Gasteiger partial charge on any atom is 0.230 e. The highest BCUT2D eigenvalue weighted by atomic mass is 17.3. The average Bonchev–Trinajstić information content (AvgIpc) is 2.25. The highest BCUT2D eigenvalue weighted by Gasteiger charge is 2.31. The minimum Gasteiger partial charge on any atom is -0.249 e. The summed E-state index contributed by atoms with van der Waals surface area (Å²) in [7, 11) is 0. The number of hydrogen-bond donors (Lipinski definition) is 1. The smallest absolute Gasteiger partial charge is 0.230 e. The summed E-state index contributed by atoms with van der Waals surface area (Å²) in [5.41, 5.74) is -0.377. The Hall–Kier alpha value is -0.160. The number of rotatable bonds is 9. The summed E-state index contributed by atoms with van der Waals surface area (Å²) >= 11 is 0. The summed E-state index contributed by atoms with van der Waals surface area (Å²) < 4.78 is 0. The van der Waals surface area contributed by atoms with E-state index >= 15 is 0 Å². The molecular formula is C13H28O4. The fraction of sp³-hybridized carbons (Fsp3) is 1.00. The van der Waals surface area contributed by atoms with Gasteiger partial charge < -0.3 is 0 Å². The molecule has 0 aliphatic heterocycles. The van der Waals surface area contributed by atoms with Crippen LogP contribution in [0, 0.1) is 5.92 Å². The van der Waals surface area contributed by atoms with Crippen LogP contribution < -0.4 is 0 Å². The summed E-state index contributed by atoms with van der Waals surface area (Å²) in [6.45, 7) is 11.9. The lowest BCUT2D eigenvalue weighted by Crippen LogP contribution is -2.36. The molecule has 0 bridgehead atoms. The molecule has 0 rings (SSSR count). The minimum atomic E-state index is -1.08. The van der Waals surface area contributed by atoms with Gasteiger partial charge in [0.2, 0.25) is 5.79 Å². The first-order valence-electron chi connectivity index (χ1n) is 6.44. The monoisotopic (exact) mass is 248 g/mol. The van der Waals surface area contributed by atoms with Crippen LogP contribution in [0.25, 0.3) is 0 Å². The van der Waals surface area contributed by atoms with Crippen LogP contribution in [0.1, 0.15) is 67.2 Å². The lowest BCUT2D eigenvalue weighted by molar-refractivity contribution is -0.515. The van der Waals surface area contributed by atoms with E-state index in [0.29, 0.717) is 12.3 Å². The summed E-state index contributed by atoms with van der Waals surface area (Å²) in [5, 5.41) is 8.83. The van der Waals surface area contributed by atoms with Crippen LogP contribution in [0.5, 0.6) is 0 Å². The lowest BCUT2D eigenvalue weighted by atomic mass is 9.97. The fourth-order valence-corrected chi connectivity index (χ4v) is 1.44. The largest absolute Gasteiger partial charge is 0.249 e. The highest BCUT2D eigenvalue weighted by Crippen LogP contribution is 2.25. The molecule has 0 aromatic carbocycles. The van der Waals surface area contributed by atoms with Gasteiger partial charge in [0.15, 0.2) is 0 Å². The van der Waals surface area contributed by atoms with Gasteiger partial charge in [-0.2, -0.15) is 4.89 Å². The van der Waals surface area contributed by atoms with Crippen molar-refractivity contribution in [2.45, 2.75) is 78.6 Å². The Labute approximate surface area is 105 Å². The molecule has 0 spiro atoms. The quantitative estimate of drug-likeness (QED) is 0.378. The second-order valence-corrected chi connectivity index (χ2v) is 5.83. The maximum absolute atomic E-state index is 8.83. The first kappa shape index (κ1) is 16.8. The van der Waals surface area contributed by atoms with Crippen LogP contribution in [0.4, 0.5) is 0 Å². The second-order valence-electron chi connectivity index (χ2n) is 5.83. The first-order chi connectivity index (χ1) is 7.74. The van der Waals surface area contributed by atoms with Crippen molar-refractivity contribution in [2.24, 2.45) is 5.92 Å². The van der Waals surface area contributed by atoms with E-state index in [4.69, 9.17) is 15.0 Å².